The molecule has 36 heavy (non-hydrogen) atoms. The molecule has 1 unspecified atom stereocenters. The van der Waals surface area contributed by atoms with Crippen molar-refractivity contribution in [3.8, 4) is 28.8 Å². The van der Waals surface area contributed by atoms with Crippen molar-refractivity contribution in [2.24, 2.45) is 0 Å². The van der Waals surface area contributed by atoms with Crippen molar-refractivity contribution >= 4 is 39.9 Å². The average molecular weight is 525 g/mol. The number of benzene rings is 1. The van der Waals surface area contributed by atoms with Crippen LogP contribution < -0.4 is 14.4 Å². The number of nitriles is 1. The lowest BCUT2D eigenvalue weighted by Crippen LogP contribution is -2.23. The third-order valence-electron chi connectivity index (χ3n) is 6.17. The highest BCUT2D eigenvalue weighted by Crippen LogP contribution is 2.40. The van der Waals surface area contributed by atoms with E-state index in [1.807, 2.05) is 17.9 Å². The minimum atomic E-state index is -0.489. The Labute approximate surface area is 217 Å². The van der Waals surface area contributed by atoms with E-state index in [9.17, 15) is 10.4 Å². The van der Waals surface area contributed by atoms with Crippen LogP contribution in [0.5, 0.6) is 11.5 Å². The number of aromatic amines is 1. The maximum atomic E-state index is 9.88. The van der Waals surface area contributed by atoms with Gasteiger partial charge in [0.15, 0.2) is 11.5 Å². The maximum Gasteiger partial charge on any atom is 0.162 e. The molecule has 11 heteroatoms. The minimum Gasteiger partial charge on any atom is -0.493 e. The quantitative estimate of drug-likeness (QED) is 0.364. The summed E-state index contributed by atoms with van der Waals surface area (Å²) in [4.78, 5) is 10.5. The molecule has 184 valence electrons. The lowest BCUT2D eigenvalue weighted by Gasteiger charge is -2.19. The minimum absolute atomic E-state index is 0.403. The molecule has 0 saturated carbocycles. The largest absolute Gasteiger partial charge is 0.493 e. The molecule has 1 aliphatic rings. The van der Waals surface area contributed by atoms with Gasteiger partial charge in [-0.3, -0.25) is 10.1 Å². The van der Waals surface area contributed by atoms with Crippen molar-refractivity contribution in [1.82, 2.24) is 20.2 Å². The Morgan fingerprint density at radius 3 is 2.64 bits per heavy atom. The predicted octanol–water partition coefficient (Wildman–Crippen LogP) is 4.92. The number of aromatic nitrogens is 4. The summed E-state index contributed by atoms with van der Waals surface area (Å²) in [6.07, 6.45) is 4.46. The molecule has 4 aromatic rings. The maximum absolute atomic E-state index is 9.88. The first-order chi connectivity index (χ1) is 17.4. The van der Waals surface area contributed by atoms with Gasteiger partial charge in [0.2, 0.25) is 0 Å². The number of hydrogen-bond donors (Lipinski definition) is 2. The molecule has 2 atom stereocenters. The standard InChI is InChI=1S/C25H22Cl2N6O3/c1-13(23-18(26)10-29-11-19(23)27)36-22-6-17-20(7-21(22)35-2)31-32-24(17)15-5-14(8-28)25(30-9-15)33-4-3-16(34)12-33/h5-7,9-11,13,16,34H,3-4,12H2,1-2H3,(H,31,32)/t13?,16-/m0/s1. The van der Waals surface area contributed by atoms with Crippen LogP contribution in [0.1, 0.15) is 30.6 Å². The van der Waals surface area contributed by atoms with Gasteiger partial charge in [-0.25, -0.2) is 4.98 Å². The zero-order chi connectivity index (χ0) is 25.4. The molecular weight excluding hydrogens is 503 g/mol. The summed E-state index contributed by atoms with van der Waals surface area (Å²) in [5, 5.41) is 28.7. The van der Waals surface area contributed by atoms with Gasteiger partial charge in [-0.2, -0.15) is 10.4 Å². The molecule has 0 spiro atoms. The average Bonchev–Trinajstić information content (AvgIpc) is 3.48. The van der Waals surface area contributed by atoms with Crippen LogP contribution in [-0.2, 0) is 0 Å². The van der Waals surface area contributed by atoms with Gasteiger partial charge in [0, 0.05) is 54.3 Å². The van der Waals surface area contributed by atoms with Gasteiger partial charge in [-0.05, 0) is 25.5 Å². The van der Waals surface area contributed by atoms with Crippen molar-refractivity contribution < 1.29 is 14.6 Å². The van der Waals surface area contributed by atoms with E-state index >= 15 is 0 Å². The van der Waals surface area contributed by atoms with Crippen LogP contribution in [0.4, 0.5) is 5.82 Å². The number of nitrogens with zero attached hydrogens (tertiary/aromatic N) is 5. The summed E-state index contributed by atoms with van der Waals surface area (Å²) in [7, 11) is 1.56. The fraction of sp³-hybridized carbons (Fsp3) is 0.280. The number of aliphatic hydroxyl groups is 1. The van der Waals surface area contributed by atoms with Gasteiger partial charge in [0.25, 0.3) is 0 Å². The van der Waals surface area contributed by atoms with Gasteiger partial charge in [-0.1, -0.05) is 23.2 Å². The van der Waals surface area contributed by atoms with E-state index in [4.69, 9.17) is 32.7 Å². The van der Waals surface area contributed by atoms with E-state index in [1.54, 1.807) is 25.4 Å². The van der Waals surface area contributed by atoms with Gasteiger partial charge in [0.1, 0.15) is 23.7 Å². The third-order valence-corrected chi connectivity index (χ3v) is 6.77. The van der Waals surface area contributed by atoms with Crippen molar-refractivity contribution in [3.05, 3.63) is 58.0 Å². The summed E-state index contributed by atoms with van der Waals surface area (Å²) in [5.41, 5.74) is 3.05. The monoisotopic (exact) mass is 524 g/mol. The molecule has 2 N–H and O–H groups in total. The molecule has 0 aliphatic carbocycles. The Hall–Kier alpha value is -3.58. The molecule has 0 amide bonds. The molecule has 9 nitrogen and oxygen atoms in total. The molecule has 4 heterocycles. The molecule has 1 fully saturated rings. The van der Waals surface area contributed by atoms with E-state index in [2.05, 4.69) is 26.2 Å². The number of β-amino-alcohol motifs (C(OH)–C–C–N with tert-alkyl or cyclic N) is 1. The van der Waals surface area contributed by atoms with Crippen LogP contribution in [-0.4, -0.2) is 51.6 Å². The molecule has 1 aliphatic heterocycles. The van der Waals surface area contributed by atoms with Crippen molar-refractivity contribution in [1.29, 1.82) is 5.26 Å². The smallest absolute Gasteiger partial charge is 0.162 e. The topological polar surface area (TPSA) is 120 Å². The van der Waals surface area contributed by atoms with Crippen molar-refractivity contribution in [2.45, 2.75) is 25.6 Å². The second-order valence-corrected chi connectivity index (χ2v) is 9.31. The van der Waals surface area contributed by atoms with Crippen LogP contribution in [0.3, 0.4) is 0 Å². The lowest BCUT2D eigenvalue weighted by atomic mass is 10.1. The Bertz CT molecular complexity index is 1460. The number of anilines is 1. The molecule has 5 rings (SSSR count). The highest BCUT2D eigenvalue weighted by atomic mass is 35.5. The number of fused-ring (bicyclic) bond motifs is 1. The first-order valence-electron chi connectivity index (χ1n) is 11.2. The molecule has 1 saturated heterocycles. The van der Waals surface area contributed by atoms with Crippen LogP contribution in [0.2, 0.25) is 10.0 Å². The number of pyridine rings is 2. The van der Waals surface area contributed by atoms with E-state index in [-0.39, 0.29) is 0 Å². The lowest BCUT2D eigenvalue weighted by molar-refractivity contribution is 0.198. The summed E-state index contributed by atoms with van der Waals surface area (Å²) >= 11 is 12.6. The van der Waals surface area contributed by atoms with Crippen LogP contribution in [0.15, 0.2) is 36.8 Å². The number of rotatable bonds is 6. The first kappa shape index (κ1) is 24.1. The van der Waals surface area contributed by atoms with Gasteiger partial charge < -0.3 is 19.5 Å². The fourth-order valence-corrected chi connectivity index (χ4v) is 5.08. The number of ether oxygens (including phenoxy) is 2. The number of aliphatic hydroxyl groups excluding tert-OH is 1. The Morgan fingerprint density at radius 1 is 1.19 bits per heavy atom. The summed E-state index contributed by atoms with van der Waals surface area (Å²) in [5.74, 6) is 1.54. The summed E-state index contributed by atoms with van der Waals surface area (Å²) in [6, 6.07) is 7.60. The van der Waals surface area contributed by atoms with Crippen LogP contribution in [0.25, 0.3) is 22.2 Å². The number of methoxy groups -OCH3 is 1. The second kappa shape index (κ2) is 9.82. The summed E-state index contributed by atoms with van der Waals surface area (Å²) in [6.45, 7) is 2.94. The number of halogens is 2. The number of hydrogen-bond acceptors (Lipinski definition) is 8. The highest BCUT2D eigenvalue weighted by Gasteiger charge is 2.25. The van der Waals surface area contributed by atoms with E-state index in [0.29, 0.717) is 69.3 Å². The molecular formula is C25H22Cl2N6O3. The van der Waals surface area contributed by atoms with Gasteiger partial charge in [-0.15, -0.1) is 0 Å². The fourth-order valence-electron chi connectivity index (χ4n) is 4.41. The van der Waals surface area contributed by atoms with Gasteiger partial charge >= 0.3 is 0 Å². The zero-order valence-corrected chi connectivity index (χ0v) is 21.0. The number of H-pyrrole nitrogens is 1. The van der Waals surface area contributed by atoms with Crippen LogP contribution in [0, 0.1) is 11.3 Å². The van der Waals surface area contributed by atoms with E-state index in [1.165, 1.54) is 12.4 Å². The van der Waals surface area contributed by atoms with Crippen LogP contribution >= 0.6 is 23.2 Å². The molecule has 1 aromatic carbocycles. The Morgan fingerprint density at radius 2 is 1.97 bits per heavy atom. The van der Waals surface area contributed by atoms with Gasteiger partial charge in [0.05, 0.1) is 34.3 Å². The molecule has 0 bridgehead atoms. The van der Waals surface area contributed by atoms with Crippen molar-refractivity contribution in [3.63, 3.8) is 0 Å². The zero-order valence-electron chi connectivity index (χ0n) is 19.5. The van der Waals surface area contributed by atoms with Crippen molar-refractivity contribution in [2.75, 3.05) is 25.1 Å². The normalized spacial score (nSPS) is 16.2. The third kappa shape index (κ3) is 4.39. The Kier molecular flexibility index (Phi) is 6.58. The predicted molar refractivity (Wildman–Crippen MR) is 137 cm³/mol. The SMILES string of the molecule is COc1cc2[nH]nc(-c3cnc(N4CC[C@H](O)C4)c(C#N)c3)c2cc1OC(C)c1c(Cl)cncc1Cl. The molecule has 3 aromatic heterocycles. The highest BCUT2D eigenvalue weighted by molar-refractivity contribution is 6.35. The summed E-state index contributed by atoms with van der Waals surface area (Å²) < 4.78 is 11.8. The molecule has 0 radical (unpaired) electrons. The van der Waals surface area contributed by atoms with E-state index < -0.39 is 12.2 Å². The second-order valence-electron chi connectivity index (χ2n) is 8.49. The Balaban J connectivity index is 1.53. The number of nitrogens with one attached hydrogen (secondary N) is 1. The first-order valence-corrected chi connectivity index (χ1v) is 12.0. The van der Waals surface area contributed by atoms with E-state index in [0.717, 1.165) is 10.9 Å².